The molecule has 38 heavy (non-hydrogen) atoms. The molecule has 0 saturated heterocycles. The van der Waals surface area contributed by atoms with E-state index in [1.807, 2.05) is 50.2 Å². The molecular formula is C29H31ClO7S. The number of halogens is 1. The number of aryl methyl sites for hydroxylation is 2. The Labute approximate surface area is 227 Å². The molecule has 1 fully saturated rings. The van der Waals surface area contributed by atoms with E-state index in [0.717, 1.165) is 27.8 Å². The second-order valence-electron chi connectivity index (χ2n) is 9.88. The van der Waals surface area contributed by atoms with Crippen molar-refractivity contribution in [3.05, 3.63) is 75.8 Å². The molecule has 0 bridgehead atoms. The summed E-state index contributed by atoms with van der Waals surface area (Å²) in [4.78, 5) is 11.2. The van der Waals surface area contributed by atoms with Crippen LogP contribution in [0.4, 0.5) is 0 Å². The maximum atomic E-state index is 11.3. The highest BCUT2D eigenvalue weighted by Crippen LogP contribution is 2.52. The summed E-state index contributed by atoms with van der Waals surface area (Å²) in [6, 6.07) is 14.9. The van der Waals surface area contributed by atoms with Crippen molar-refractivity contribution in [1.82, 2.24) is 0 Å². The first-order valence-corrected chi connectivity index (χ1v) is 14.8. The number of carboxylic acid groups (broad SMARTS) is 1. The van der Waals surface area contributed by atoms with E-state index in [0.29, 0.717) is 41.5 Å². The van der Waals surface area contributed by atoms with Crippen LogP contribution in [0.3, 0.4) is 0 Å². The summed E-state index contributed by atoms with van der Waals surface area (Å²) < 4.78 is 34.3. The SMILES string of the molecule is Cc1cc(OCCCS(C)(=O)=O)cc(C)c1-c1cccc(COc2cc(O)c([C@H]3C[C@@H]3C(=O)O)cc2Cl)c1. The van der Waals surface area contributed by atoms with Crippen LogP contribution in [0.5, 0.6) is 17.2 Å². The van der Waals surface area contributed by atoms with Gasteiger partial charge in [0.05, 0.1) is 23.3 Å². The Balaban J connectivity index is 1.44. The molecule has 9 heteroatoms. The van der Waals surface area contributed by atoms with E-state index in [1.54, 1.807) is 6.07 Å². The van der Waals surface area contributed by atoms with E-state index >= 15 is 0 Å². The number of sulfone groups is 1. The second kappa shape index (κ2) is 11.3. The fourth-order valence-corrected chi connectivity index (χ4v) is 5.60. The second-order valence-corrected chi connectivity index (χ2v) is 12.5. The minimum Gasteiger partial charge on any atom is -0.508 e. The van der Waals surface area contributed by atoms with Crippen LogP contribution >= 0.6 is 11.6 Å². The highest BCUT2D eigenvalue weighted by Gasteiger charge is 2.45. The standard InChI is InChI=1S/C29H31ClO7S/c1-17-10-21(36-8-5-9-38(3,34)35)11-18(2)28(17)20-7-4-6-19(12-20)16-37-27-15-26(31)23(14-25(27)30)22-13-24(22)29(32)33/h4,6-7,10-12,14-15,22,24,31H,5,8-9,13,16H2,1-3H3,(H,32,33)/t22-,24+/m1/s1. The number of phenols is 1. The van der Waals surface area contributed by atoms with E-state index in [9.17, 15) is 18.3 Å². The van der Waals surface area contributed by atoms with Crippen LogP contribution in [0, 0.1) is 19.8 Å². The molecule has 4 rings (SSSR count). The van der Waals surface area contributed by atoms with Gasteiger partial charge in [-0.25, -0.2) is 8.42 Å². The van der Waals surface area contributed by atoms with Crippen LogP contribution in [-0.4, -0.2) is 43.2 Å². The molecule has 1 aliphatic rings. The van der Waals surface area contributed by atoms with Crippen molar-refractivity contribution in [3.8, 4) is 28.4 Å². The largest absolute Gasteiger partial charge is 0.508 e. The molecule has 0 amide bonds. The van der Waals surface area contributed by atoms with E-state index < -0.39 is 21.7 Å². The molecule has 1 saturated carbocycles. The Morgan fingerprint density at radius 2 is 1.79 bits per heavy atom. The smallest absolute Gasteiger partial charge is 0.307 e. The minimum absolute atomic E-state index is 0.0169. The van der Waals surface area contributed by atoms with Crippen LogP contribution in [0.15, 0.2) is 48.5 Å². The third-order valence-corrected chi connectivity index (χ3v) is 7.96. The third kappa shape index (κ3) is 6.79. The zero-order valence-electron chi connectivity index (χ0n) is 21.5. The maximum absolute atomic E-state index is 11.3. The van der Waals surface area contributed by atoms with Crippen molar-refractivity contribution < 1.29 is 32.9 Å². The van der Waals surface area contributed by atoms with Gasteiger partial charge >= 0.3 is 5.97 Å². The van der Waals surface area contributed by atoms with Crippen molar-refractivity contribution in [3.63, 3.8) is 0 Å². The number of rotatable bonds is 11. The van der Waals surface area contributed by atoms with Gasteiger partial charge in [0.2, 0.25) is 0 Å². The monoisotopic (exact) mass is 558 g/mol. The van der Waals surface area contributed by atoms with Crippen LogP contribution in [-0.2, 0) is 21.2 Å². The molecule has 0 radical (unpaired) electrons. The van der Waals surface area contributed by atoms with Crippen LogP contribution in [0.2, 0.25) is 5.02 Å². The minimum atomic E-state index is -3.01. The molecular weight excluding hydrogens is 528 g/mol. The lowest BCUT2D eigenvalue weighted by Crippen LogP contribution is -2.08. The van der Waals surface area contributed by atoms with Crippen LogP contribution < -0.4 is 9.47 Å². The molecule has 0 spiro atoms. The van der Waals surface area contributed by atoms with Gasteiger partial charge in [0.1, 0.15) is 33.7 Å². The van der Waals surface area contributed by atoms with Gasteiger partial charge in [-0.3, -0.25) is 4.79 Å². The van der Waals surface area contributed by atoms with E-state index in [4.69, 9.17) is 26.2 Å². The number of aromatic hydroxyl groups is 1. The summed E-state index contributed by atoms with van der Waals surface area (Å²) in [6.45, 7) is 4.58. The van der Waals surface area contributed by atoms with Crippen molar-refractivity contribution in [2.45, 2.75) is 39.2 Å². The van der Waals surface area contributed by atoms with Crippen LogP contribution in [0.25, 0.3) is 11.1 Å². The Bertz CT molecular complexity index is 1440. The predicted octanol–water partition coefficient (Wildman–Crippen LogP) is 5.91. The van der Waals surface area contributed by atoms with Crippen LogP contribution in [0.1, 0.15) is 41.0 Å². The summed E-state index contributed by atoms with van der Waals surface area (Å²) in [5.41, 5.74) is 5.60. The third-order valence-electron chi connectivity index (χ3n) is 6.63. The lowest BCUT2D eigenvalue weighted by molar-refractivity contribution is -0.138. The molecule has 2 N–H and O–H groups in total. The van der Waals surface area contributed by atoms with Gasteiger partial charge in [-0.05, 0) is 84.3 Å². The first-order chi connectivity index (χ1) is 17.9. The Morgan fingerprint density at radius 1 is 1.08 bits per heavy atom. The normalized spacial score (nSPS) is 16.7. The fourth-order valence-electron chi connectivity index (χ4n) is 4.73. The number of aliphatic carboxylic acids is 1. The average molecular weight is 559 g/mol. The number of hydrogen-bond donors (Lipinski definition) is 2. The molecule has 0 unspecified atom stereocenters. The van der Waals surface area contributed by atoms with Gasteiger partial charge in [0, 0.05) is 18.2 Å². The van der Waals surface area contributed by atoms with Crippen molar-refractivity contribution in [2.24, 2.45) is 5.92 Å². The lowest BCUT2D eigenvalue weighted by Gasteiger charge is -2.15. The van der Waals surface area contributed by atoms with Gasteiger partial charge in [-0.15, -0.1) is 0 Å². The van der Waals surface area contributed by atoms with Gasteiger partial charge in [0.15, 0.2) is 0 Å². The quantitative estimate of drug-likeness (QED) is 0.281. The topological polar surface area (TPSA) is 110 Å². The molecule has 0 aliphatic heterocycles. The Hall–Kier alpha value is -3.23. The number of benzene rings is 3. The number of carbonyl (C=O) groups is 1. The number of carboxylic acids is 1. The molecule has 202 valence electrons. The highest BCUT2D eigenvalue weighted by molar-refractivity contribution is 7.90. The first-order valence-electron chi connectivity index (χ1n) is 12.3. The zero-order chi connectivity index (χ0) is 27.6. The molecule has 2 atom stereocenters. The molecule has 1 aliphatic carbocycles. The van der Waals surface area contributed by atoms with E-state index in [1.165, 1.54) is 12.3 Å². The zero-order valence-corrected chi connectivity index (χ0v) is 23.1. The van der Waals surface area contributed by atoms with Crippen molar-refractivity contribution in [1.29, 1.82) is 0 Å². The summed E-state index contributed by atoms with van der Waals surface area (Å²) in [6.07, 6.45) is 2.15. The van der Waals surface area contributed by atoms with E-state index in [2.05, 4.69) is 0 Å². The van der Waals surface area contributed by atoms with Crippen molar-refractivity contribution >= 4 is 27.4 Å². The van der Waals surface area contributed by atoms with Gasteiger partial charge in [-0.1, -0.05) is 29.8 Å². The Morgan fingerprint density at radius 3 is 2.42 bits per heavy atom. The number of phenolic OH excluding ortho intramolecular Hbond substituents is 1. The molecule has 3 aromatic carbocycles. The summed E-state index contributed by atoms with van der Waals surface area (Å²) in [7, 11) is -3.01. The Kier molecular flexibility index (Phi) is 8.23. The number of ether oxygens (including phenoxy) is 2. The maximum Gasteiger partial charge on any atom is 0.307 e. The molecule has 0 heterocycles. The molecule has 7 nitrogen and oxygen atoms in total. The summed E-state index contributed by atoms with van der Waals surface area (Å²) >= 11 is 6.39. The molecule has 0 aromatic heterocycles. The van der Waals surface area contributed by atoms with E-state index in [-0.39, 0.29) is 24.0 Å². The fraction of sp³-hybridized carbons (Fsp3) is 0.345. The summed E-state index contributed by atoms with van der Waals surface area (Å²) in [5, 5.41) is 19.9. The lowest BCUT2D eigenvalue weighted by atomic mass is 9.94. The predicted molar refractivity (Wildman–Crippen MR) is 147 cm³/mol. The first kappa shape index (κ1) is 27.8. The van der Waals surface area contributed by atoms with Gasteiger partial charge in [-0.2, -0.15) is 0 Å². The average Bonchev–Trinajstić information content (AvgIpc) is 3.63. The molecule has 3 aromatic rings. The van der Waals surface area contributed by atoms with Gasteiger partial charge < -0.3 is 19.7 Å². The number of hydrogen-bond acceptors (Lipinski definition) is 6. The van der Waals surface area contributed by atoms with Crippen molar-refractivity contribution in [2.75, 3.05) is 18.6 Å². The summed E-state index contributed by atoms with van der Waals surface area (Å²) in [5.74, 6) is -0.477. The highest BCUT2D eigenvalue weighted by atomic mass is 35.5. The van der Waals surface area contributed by atoms with Gasteiger partial charge in [0.25, 0.3) is 0 Å².